The summed E-state index contributed by atoms with van der Waals surface area (Å²) < 4.78 is 0. The van der Waals surface area contributed by atoms with Crippen LogP contribution in [-0.4, -0.2) is 6.04 Å². The Hall–Kier alpha value is -7.42. The molecule has 312 valence electrons. The third-order valence-electron chi connectivity index (χ3n) is 15.5. The maximum absolute atomic E-state index is 2.60. The van der Waals surface area contributed by atoms with Crippen LogP contribution in [-0.2, 0) is 5.41 Å². The zero-order valence-electron chi connectivity index (χ0n) is 37.0. The van der Waals surface area contributed by atoms with E-state index in [-0.39, 0.29) is 16.9 Å². The van der Waals surface area contributed by atoms with Crippen LogP contribution in [0.25, 0.3) is 33.4 Å². The van der Waals surface area contributed by atoms with Gasteiger partial charge < -0.3 is 9.80 Å². The van der Waals surface area contributed by atoms with Crippen LogP contribution >= 0.6 is 0 Å². The summed E-state index contributed by atoms with van der Waals surface area (Å²) >= 11 is 0. The van der Waals surface area contributed by atoms with E-state index in [0.29, 0.717) is 0 Å². The van der Waals surface area contributed by atoms with E-state index in [9.17, 15) is 0 Å². The first-order valence-corrected chi connectivity index (χ1v) is 23.5. The molecular formula is C63H50N2. The van der Waals surface area contributed by atoms with E-state index in [1.54, 1.807) is 5.57 Å². The second kappa shape index (κ2) is 14.6. The van der Waals surface area contributed by atoms with Crippen LogP contribution in [0.3, 0.4) is 0 Å². The average molecular weight is 835 g/mol. The summed E-state index contributed by atoms with van der Waals surface area (Å²) in [6, 6.07) is 63.9. The lowest BCUT2D eigenvalue weighted by Crippen LogP contribution is -2.39. The van der Waals surface area contributed by atoms with Gasteiger partial charge in [0.2, 0.25) is 0 Å². The number of para-hydroxylation sites is 1. The molecule has 0 saturated carbocycles. The molecule has 3 atom stereocenters. The van der Waals surface area contributed by atoms with Gasteiger partial charge in [0, 0.05) is 33.9 Å². The summed E-state index contributed by atoms with van der Waals surface area (Å²) in [5.74, 6) is 0. The smallest absolute Gasteiger partial charge is 0.0689 e. The molecule has 7 aromatic carbocycles. The van der Waals surface area contributed by atoms with Crippen molar-refractivity contribution in [2.45, 2.75) is 51.0 Å². The van der Waals surface area contributed by atoms with E-state index in [4.69, 9.17) is 0 Å². The standard InChI is InChI=1S/C63H50N2/c1-42-16-6-14-26-59(42)65-60-27-15-13-25-57(60)62(2)41-46(32-39-61(62)65)45-30-35-48(36-31-45)64(47-33-28-44(29-34-47)43-17-4-3-5-18-43)49-37-38-53-52-21-9-12-24-56(52)63(58(53)40-49)54-22-10-7-19-50(54)51-20-8-11-23-55(51)63/h3-10,12,14-22,24,26-41,61H,11,13,23,25H2,1-2H3. The van der Waals surface area contributed by atoms with Crippen molar-refractivity contribution in [1.82, 2.24) is 0 Å². The van der Waals surface area contributed by atoms with E-state index >= 15 is 0 Å². The van der Waals surface area contributed by atoms with Crippen LogP contribution < -0.4 is 9.80 Å². The van der Waals surface area contributed by atoms with E-state index in [1.807, 2.05) is 0 Å². The number of rotatable bonds is 6. The number of aryl methyl sites for hydroxylation is 1. The molecule has 65 heavy (non-hydrogen) atoms. The summed E-state index contributed by atoms with van der Waals surface area (Å²) in [4.78, 5) is 5.07. The van der Waals surface area contributed by atoms with E-state index < -0.39 is 0 Å². The van der Waals surface area contributed by atoms with Crippen molar-refractivity contribution in [2.24, 2.45) is 5.41 Å². The van der Waals surface area contributed by atoms with Crippen molar-refractivity contribution in [3.05, 3.63) is 263 Å². The zero-order chi connectivity index (χ0) is 43.3. The molecule has 0 amide bonds. The molecule has 0 saturated heterocycles. The Labute approximate surface area is 383 Å². The predicted octanol–water partition coefficient (Wildman–Crippen LogP) is 16.0. The summed E-state index contributed by atoms with van der Waals surface area (Å²) in [6.45, 7) is 4.71. The first-order valence-electron chi connectivity index (χ1n) is 23.5. The molecule has 0 fully saturated rings. The molecule has 0 radical (unpaired) electrons. The highest BCUT2D eigenvalue weighted by atomic mass is 15.2. The first-order chi connectivity index (χ1) is 32.0. The Bertz CT molecular complexity index is 3280. The number of hydrogen-bond donors (Lipinski definition) is 0. The molecule has 7 aromatic rings. The molecule has 0 N–H and O–H groups in total. The summed E-state index contributed by atoms with van der Waals surface area (Å²) in [5, 5.41) is 0. The Morgan fingerprint density at radius 1 is 0.523 bits per heavy atom. The number of nitrogens with zero attached hydrogens (tertiary/aromatic N) is 2. The quantitative estimate of drug-likeness (QED) is 0.165. The van der Waals surface area contributed by atoms with Gasteiger partial charge in [-0.15, -0.1) is 0 Å². The highest BCUT2D eigenvalue weighted by Gasteiger charge is 2.53. The minimum absolute atomic E-state index is 0.113. The Kier molecular flexibility index (Phi) is 8.53. The van der Waals surface area contributed by atoms with Gasteiger partial charge in [0.15, 0.2) is 0 Å². The predicted molar refractivity (Wildman–Crippen MR) is 272 cm³/mol. The van der Waals surface area contributed by atoms with Crippen LogP contribution in [0.5, 0.6) is 0 Å². The van der Waals surface area contributed by atoms with Gasteiger partial charge in [-0.05, 0) is 166 Å². The maximum atomic E-state index is 2.60. The summed E-state index contributed by atoms with van der Waals surface area (Å²) in [7, 11) is 0. The topological polar surface area (TPSA) is 6.48 Å². The molecule has 1 aliphatic heterocycles. The molecule has 1 spiro atoms. The van der Waals surface area contributed by atoms with E-state index in [0.717, 1.165) is 42.7 Å². The van der Waals surface area contributed by atoms with Crippen LogP contribution in [0, 0.1) is 12.3 Å². The molecule has 13 rings (SSSR count). The average Bonchev–Trinajstić information content (AvgIpc) is 3.93. The largest absolute Gasteiger partial charge is 0.333 e. The van der Waals surface area contributed by atoms with Crippen LogP contribution in [0.15, 0.2) is 229 Å². The van der Waals surface area contributed by atoms with Gasteiger partial charge in [0.25, 0.3) is 0 Å². The van der Waals surface area contributed by atoms with Crippen molar-refractivity contribution in [2.75, 3.05) is 9.80 Å². The molecular weight excluding hydrogens is 785 g/mol. The van der Waals surface area contributed by atoms with Crippen molar-refractivity contribution in [3.63, 3.8) is 0 Å². The summed E-state index contributed by atoms with van der Waals surface area (Å²) in [5.41, 5.74) is 24.6. The number of allylic oxidation sites excluding steroid dienone is 8. The zero-order valence-corrected chi connectivity index (χ0v) is 37.0. The maximum Gasteiger partial charge on any atom is 0.0689 e. The minimum atomic E-state index is -0.336. The van der Waals surface area contributed by atoms with Gasteiger partial charge >= 0.3 is 0 Å². The third-order valence-corrected chi connectivity index (χ3v) is 15.5. The Morgan fingerprint density at radius 2 is 1.12 bits per heavy atom. The van der Waals surface area contributed by atoms with Gasteiger partial charge in [-0.1, -0.05) is 164 Å². The van der Waals surface area contributed by atoms with Crippen LogP contribution in [0.2, 0.25) is 0 Å². The molecule has 1 heterocycles. The lowest BCUT2D eigenvalue weighted by Gasteiger charge is -2.38. The fraction of sp³-hybridized carbons (Fsp3) is 0.143. The first kappa shape index (κ1) is 38.1. The van der Waals surface area contributed by atoms with Gasteiger partial charge in [-0.3, -0.25) is 0 Å². The Balaban J connectivity index is 0.935. The SMILES string of the molecule is Cc1ccccc1N1C2=C(CCC=C2)C2(C)C=C(c3ccc(N(c4ccc(-c5ccccc5)cc4)c4ccc5c(c4)C4(C6=C(C=CCC6)c6ccccc64)c4ccccc4-5)cc3)C=CC12. The fourth-order valence-electron chi connectivity index (χ4n) is 12.6. The normalized spacial score (nSPS) is 21.8. The molecule has 0 bridgehead atoms. The third kappa shape index (κ3) is 5.53. The van der Waals surface area contributed by atoms with E-state index in [1.165, 1.54) is 83.7 Å². The number of fused-ring (bicyclic) bond motifs is 11. The lowest BCUT2D eigenvalue weighted by molar-refractivity contribution is 0.464. The van der Waals surface area contributed by atoms with Gasteiger partial charge in [-0.25, -0.2) is 0 Å². The second-order valence-electron chi connectivity index (χ2n) is 18.8. The molecule has 2 heteroatoms. The monoisotopic (exact) mass is 834 g/mol. The molecule has 6 aliphatic rings. The van der Waals surface area contributed by atoms with Crippen LogP contribution in [0.1, 0.15) is 66.0 Å². The van der Waals surface area contributed by atoms with E-state index in [2.05, 4.69) is 236 Å². The summed E-state index contributed by atoms with van der Waals surface area (Å²) in [6.07, 6.45) is 21.2. The van der Waals surface area contributed by atoms with Gasteiger partial charge in [-0.2, -0.15) is 0 Å². The van der Waals surface area contributed by atoms with Crippen molar-refractivity contribution < 1.29 is 0 Å². The minimum Gasteiger partial charge on any atom is -0.333 e. The van der Waals surface area contributed by atoms with Crippen molar-refractivity contribution in [3.8, 4) is 22.3 Å². The van der Waals surface area contributed by atoms with Crippen molar-refractivity contribution >= 4 is 33.9 Å². The Morgan fingerprint density at radius 3 is 1.89 bits per heavy atom. The molecule has 0 aromatic heterocycles. The molecule has 5 aliphatic carbocycles. The molecule has 3 unspecified atom stereocenters. The van der Waals surface area contributed by atoms with Crippen LogP contribution in [0.4, 0.5) is 22.7 Å². The number of anilines is 4. The van der Waals surface area contributed by atoms with Gasteiger partial charge in [0.1, 0.15) is 0 Å². The van der Waals surface area contributed by atoms with Crippen molar-refractivity contribution in [1.29, 1.82) is 0 Å². The lowest BCUT2D eigenvalue weighted by atomic mass is 9.68. The number of benzene rings is 7. The highest BCUT2D eigenvalue weighted by Crippen LogP contribution is 2.64. The number of hydrogen-bond acceptors (Lipinski definition) is 2. The van der Waals surface area contributed by atoms with Gasteiger partial charge in [0.05, 0.1) is 11.5 Å². The fourth-order valence-corrected chi connectivity index (χ4v) is 12.6. The second-order valence-corrected chi connectivity index (χ2v) is 18.8. The highest BCUT2D eigenvalue weighted by molar-refractivity contribution is 5.98. The molecule has 2 nitrogen and oxygen atoms in total.